The Morgan fingerprint density at radius 3 is 2.71 bits per heavy atom. The van der Waals surface area contributed by atoms with Crippen molar-refractivity contribution in [3.63, 3.8) is 0 Å². The summed E-state index contributed by atoms with van der Waals surface area (Å²) in [7, 11) is 0. The summed E-state index contributed by atoms with van der Waals surface area (Å²) < 4.78 is 0. The number of nitrogens with zero attached hydrogens (tertiary/aromatic N) is 2. The van der Waals surface area contributed by atoms with Gasteiger partial charge in [0.1, 0.15) is 0 Å². The number of thioether (sulfide) groups is 1. The van der Waals surface area contributed by atoms with E-state index >= 15 is 0 Å². The number of benzene rings is 1. The predicted octanol–water partition coefficient (Wildman–Crippen LogP) is 3.75. The molecule has 0 unspecified atom stereocenters. The molecule has 0 fully saturated rings. The van der Waals surface area contributed by atoms with Gasteiger partial charge in [0.2, 0.25) is 5.91 Å². The third-order valence-electron chi connectivity index (χ3n) is 2.68. The van der Waals surface area contributed by atoms with E-state index in [4.69, 9.17) is 23.2 Å². The van der Waals surface area contributed by atoms with Crippen LogP contribution < -0.4 is 5.32 Å². The normalized spacial score (nSPS) is 12.0. The summed E-state index contributed by atoms with van der Waals surface area (Å²) in [4.78, 5) is 20.0. The van der Waals surface area contributed by atoms with E-state index in [9.17, 15) is 4.79 Å². The van der Waals surface area contributed by atoms with Crippen molar-refractivity contribution in [2.45, 2.75) is 18.1 Å². The monoisotopic (exact) mass is 341 g/mol. The zero-order chi connectivity index (χ0) is 15.2. The molecule has 2 aromatic rings. The van der Waals surface area contributed by atoms with E-state index in [1.165, 1.54) is 11.8 Å². The van der Waals surface area contributed by atoms with Gasteiger partial charge in [0, 0.05) is 22.4 Å². The molecule has 2 rings (SSSR count). The molecule has 7 heteroatoms. The Morgan fingerprint density at radius 2 is 2.05 bits per heavy atom. The van der Waals surface area contributed by atoms with Crippen molar-refractivity contribution >= 4 is 40.9 Å². The fourth-order valence-electron chi connectivity index (χ4n) is 1.70. The van der Waals surface area contributed by atoms with Gasteiger partial charge in [-0.25, -0.2) is 9.97 Å². The lowest BCUT2D eigenvalue weighted by atomic mass is 10.1. The highest BCUT2D eigenvalue weighted by molar-refractivity contribution is 7.99. The minimum atomic E-state index is -0.195. The molecule has 110 valence electrons. The summed E-state index contributed by atoms with van der Waals surface area (Å²) in [5.74, 6) is 0.144. The molecule has 0 spiro atoms. The van der Waals surface area contributed by atoms with Crippen LogP contribution in [0.2, 0.25) is 10.0 Å². The van der Waals surface area contributed by atoms with Crippen molar-refractivity contribution in [3.05, 3.63) is 52.3 Å². The van der Waals surface area contributed by atoms with Crippen LogP contribution in [0.3, 0.4) is 0 Å². The van der Waals surface area contributed by atoms with Crippen LogP contribution in [-0.2, 0) is 4.79 Å². The van der Waals surface area contributed by atoms with E-state index in [-0.39, 0.29) is 17.7 Å². The first-order valence-electron chi connectivity index (χ1n) is 6.20. The Labute approximate surface area is 137 Å². The third kappa shape index (κ3) is 4.88. The summed E-state index contributed by atoms with van der Waals surface area (Å²) in [6.45, 7) is 1.87. The predicted molar refractivity (Wildman–Crippen MR) is 85.8 cm³/mol. The molecule has 4 nitrogen and oxygen atoms in total. The lowest BCUT2D eigenvalue weighted by Crippen LogP contribution is -2.28. The number of hydrogen-bond donors (Lipinski definition) is 1. The van der Waals surface area contributed by atoms with Gasteiger partial charge in [0.15, 0.2) is 5.16 Å². The number of rotatable bonds is 5. The lowest BCUT2D eigenvalue weighted by molar-refractivity contribution is -0.119. The highest BCUT2D eigenvalue weighted by Crippen LogP contribution is 2.26. The zero-order valence-corrected chi connectivity index (χ0v) is 13.5. The van der Waals surface area contributed by atoms with Crippen LogP contribution in [0.25, 0.3) is 0 Å². The quantitative estimate of drug-likeness (QED) is 0.664. The third-order valence-corrected chi connectivity index (χ3v) is 4.12. The first kappa shape index (κ1) is 16.1. The largest absolute Gasteiger partial charge is 0.349 e. The highest BCUT2D eigenvalue weighted by Gasteiger charge is 2.13. The van der Waals surface area contributed by atoms with Crippen LogP contribution >= 0.6 is 35.0 Å². The van der Waals surface area contributed by atoms with Crippen LogP contribution in [-0.4, -0.2) is 21.6 Å². The molecule has 1 aromatic heterocycles. The maximum Gasteiger partial charge on any atom is 0.230 e. The Kier molecular flexibility index (Phi) is 5.85. The second-order valence-corrected chi connectivity index (χ2v) is 6.06. The fourth-order valence-corrected chi connectivity index (χ4v) is 2.89. The molecule has 1 atom stereocenters. The summed E-state index contributed by atoms with van der Waals surface area (Å²) in [6.07, 6.45) is 3.28. The topological polar surface area (TPSA) is 54.9 Å². The van der Waals surface area contributed by atoms with Gasteiger partial charge in [0.05, 0.1) is 11.8 Å². The van der Waals surface area contributed by atoms with Crippen molar-refractivity contribution in [1.82, 2.24) is 15.3 Å². The van der Waals surface area contributed by atoms with Crippen LogP contribution in [0.1, 0.15) is 18.5 Å². The van der Waals surface area contributed by atoms with Crippen molar-refractivity contribution in [2.24, 2.45) is 0 Å². The highest BCUT2D eigenvalue weighted by atomic mass is 35.5. The summed E-state index contributed by atoms with van der Waals surface area (Å²) >= 11 is 13.3. The molecule has 1 N–H and O–H groups in total. The molecule has 21 heavy (non-hydrogen) atoms. The number of hydrogen-bond acceptors (Lipinski definition) is 4. The maximum absolute atomic E-state index is 11.9. The summed E-state index contributed by atoms with van der Waals surface area (Å²) in [5, 5.41) is 4.56. The van der Waals surface area contributed by atoms with Crippen LogP contribution in [0.15, 0.2) is 41.8 Å². The average molecular weight is 342 g/mol. The van der Waals surface area contributed by atoms with Gasteiger partial charge in [-0.2, -0.15) is 0 Å². The van der Waals surface area contributed by atoms with E-state index in [0.717, 1.165) is 5.56 Å². The van der Waals surface area contributed by atoms with E-state index in [1.54, 1.807) is 30.6 Å². The number of halogens is 2. The van der Waals surface area contributed by atoms with E-state index in [0.29, 0.717) is 15.2 Å². The first-order chi connectivity index (χ1) is 10.1. The zero-order valence-electron chi connectivity index (χ0n) is 11.2. The van der Waals surface area contributed by atoms with Gasteiger partial charge < -0.3 is 5.32 Å². The molecule has 0 aliphatic heterocycles. The first-order valence-corrected chi connectivity index (χ1v) is 7.94. The van der Waals surface area contributed by atoms with Crippen molar-refractivity contribution in [1.29, 1.82) is 0 Å². The minimum Gasteiger partial charge on any atom is -0.349 e. The number of nitrogens with one attached hydrogen (secondary N) is 1. The molecule has 0 saturated heterocycles. The Morgan fingerprint density at radius 1 is 1.33 bits per heavy atom. The molecule has 0 saturated carbocycles. The van der Waals surface area contributed by atoms with Gasteiger partial charge in [-0.05, 0) is 30.7 Å². The Hall–Kier alpha value is -1.30. The number of aromatic nitrogens is 2. The van der Waals surface area contributed by atoms with E-state index in [1.807, 2.05) is 13.0 Å². The van der Waals surface area contributed by atoms with Crippen molar-refractivity contribution < 1.29 is 4.79 Å². The van der Waals surface area contributed by atoms with Crippen LogP contribution in [0.4, 0.5) is 0 Å². The van der Waals surface area contributed by atoms with Gasteiger partial charge in [-0.3, -0.25) is 4.79 Å². The van der Waals surface area contributed by atoms with Crippen molar-refractivity contribution in [2.75, 3.05) is 5.75 Å². The Balaban J connectivity index is 1.90. The second kappa shape index (κ2) is 7.64. The molecular weight excluding hydrogens is 329 g/mol. The Bertz CT molecular complexity index is 625. The van der Waals surface area contributed by atoms with E-state index in [2.05, 4.69) is 15.3 Å². The SMILES string of the molecule is C[C@H](NC(=O)CSc1ncccn1)c1ccc(Cl)cc1Cl. The smallest absolute Gasteiger partial charge is 0.230 e. The van der Waals surface area contributed by atoms with Crippen molar-refractivity contribution in [3.8, 4) is 0 Å². The maximum atomic E-state index is 11.9. The fraction of sp³-hybridized carbons (Fsp3) is 0.214. The van der Waals surface area contributed by atoms with E-state index < -0.39 is 0 Å². The number of carbonyl (C=O) groups is 1. The summed E-state index contributed by atoms with van der Waals surface area (Å²) in [5.41, 5.74) is 0.829. The van der Waals surface area contributed by atoms with Gasteiger partial charge in [-0.1, -0.05) is 41.0 Å². The molecule has 1 heterocycles. The van der Waals surface area contributed by atoms with Gasteiger partial charge in [0.25, 0.3) is 0 Å². The summed E-state index contributed by atoms with van der Waals surface area (Å²) in [6, 6.07) is 6.75. The molecule has 0 aliphatic rings. The number of amides is 1. The average Bonchev–Trinajstić information content (AvgIpc) is 2.46. The molecule has 0 aliphatic carbocycles. The molecule has 1 amide bonds. The molecule has 0 bridgehead atoms. The van der Waals surface area contributed by atoms with Gasteiger partial charge in [-0.15, -0.1) is 0 Å². The standard InChI is InChI=1S/C14H13Cl2N3OS/c1-9(11-4-3-10(15)7-12(11)16)19-13(20)8-21-14-17-5-2-6-18-14/h2-7,9H,8H2,1H3,(H,19,20)/t9-/m0/s1. The second-order valence-electron chi connectivity index (χ2n) is 4.28. The van der Waals surface area contributed by atoms with Gasteiger partial charge >= 0.3 is 0 Å². The molecule has 1 aromatic carbocycles. The van der Waals surface area contributed by atoms with Crippen LogP contribution in [0, 0.1) is 0 Å². The van der Waals surface area contributed by atoms with Crippen LogP contribution in [0.5, 0.6) is 0 Å². The lowest BCUT2D eigenvalue weighted by Gasteiger charge is -2.15. The molecule has 0 radical (unpaired) electrons. The number of carbonyl (C=O) groups excluding carboxylic acids is 1. The minimum absolute atomic E-state index is 0.106. The molecular formula is C14H13Cl2N3OS.